The standard InChI is InChI=1S/C21H35FN4O2.HI/c1-3-18(28-20-9-6-5-8-19(20)22)16-25-21(23-4-2)24-12-7-13-26-14-10-17(27)11-15-26;/h5-6,8-9,17-18,27H,3-4,7,10-16H2,1-2H3,(H2,23,24,25);1H. The van der Waals surface area contributed by atoms with Gasteiger partial charge in [0.15, 0.2) is 17.5 Å². The summed E-state index contributed by atoms with van der Waals surface area (Å²) in [6.45, 7) is 9.08. The zero-order valence-corrected chi connectivity index (χ0v) is 19.9. The second kappa shape index (κ2) is 14.8. The van der Waals surface area contributed by atoms with Gasteiger partial charge in [0, 0.05) is 26.2 Å². The fraction of sp³-hybridized carbons (Fsp3) is 0.667. The molecule has 1 heterocycles. The first-order valence-corrected chi connectivity index (χ1v) is 10.5. The Bertz CT molecular complexity index is 598. The van der Waals surface area contributed by atoms with Gasteiger partial charge in [0.1, 0.15) is 6.10 Å². The van der Waals surface area contributed by atoms with Crippen molar-refractivity contribution >= 4 is 29.9 Å². The van der Waals surface area contributed by atoms with Crippen molar-refractivity contribution in [2.24, 2.45) is 4.99 Å². The highest BCUT2D eigenvalue weighted by molar-refractivity contribution is 14.0. The summed E-state index contributed by atoms with van der Waals surface area (Å²) in [6, 6.07) is 6.47. The SMILES string of the molecule is CCNC(=NCC(CC)Oc1ccccc1F)NCCCN1CCC(O)CC1.I. The lowest BCUT2D eigenvalue weighted by atomic mass is 10.1. The first-order chi connectivity index (χ1) is 13.6. The number of rotatable bonds is 10. The van der Waals surface area contributed by atoms with E-state index in [1.54, 1.807) is 18.2 Å². The summed E-state index contributed by atoms with van der Waals surface area (Å²) in [5.41, 5.74) is 0. The van der Waals surface area contributed by atoms with Crippen LogP contribution in [-0.4, -0.2) is 67.4 Å². The number of guanidine groups is 1. The molecule has 1 aliphatic rings. The summed E-state index contributed by atoms with van der Waals surface area (Å²) in [5.74, 6) is 0.682. The summed E-state index contributed by atoms with van der Waals surface area (Å²) in [4.78, 5) is 7.00. The predicted molar refractivity (Wildman–Crippen MR) is 127 cm³/mol. The van der Waals surface area contributed by atoms with Crippen molar-refractivity contribution in [2.45, 2.75) is 51.7 Å². The molecule has 0 aromatic heterocycles. The fourth-order valence-corrected chi connectivity index (χ4v) is 3.16. The van der Waals surface area contributed by atoms with Crippen LogP contribution in [-0.2, 0) is 0 Å². The zero-order chi connectivity index (χ0) is 20.2. The molecular formula is C21H36FIN4O2. The van der Waals surface area contributed by atoms with E-state index in [1.807, 2.05) is 13.8 Å². The van der Waals surface area contributed by atoms with Crippen molar-refractivity contribution in [1.82, 2.24) is 15.5 Å². The van der Waals surface area contributed by atoms with Gasteiger partial charge in [0.2, 0.25) is 0 Å². The van der Waals surface area contributed by atoms with Crippen molar-refractivity contribution in [3.63, 3.8) is 0 Å². The lowest BCUT2D eigenvalue weighted by Crippen LogP contribution is -2.41. The molecule has 0 radical (unpaired) electrons. The molecule has 0 amide bonds. The molecule has 0 aliphatic carbocycles. The van der Waals surface area contributed by atoms with E-state index >= 15 is 0 Å². The van der Waals surface area contributed by atoms with Gasteiger partial charge in [-0.3, -0.25) is 0 Å². The molecule has 0 bridgehead atoms. The molecule has 1 unspecified atom stereocenters. The number of ether oxygens (including phenoxy) is 1. The van der Waals surface area contributed by atoms with Crippen molar-refractivity contribution in [3.8, 4) is 5.75 Å². The van der Waals surface area contributed by atoms with Crippen LogP contribution in [0.4, 0.5) is 4.39 Å². The van der Waals surface area contributed by atoms with Gasteiger partial charge < -0.3 is 25.4 Å². The summed E-state index contributed by atoms with van der Waals surface area (Å²) >= 11 is 0. The normalized spacial score (nSPS) is 16.8. The molecular weight excluding hydrogens is 486 g/mol. The topological polar surface area (TPSA) is 69.1 Å². The molecule has 8 heteroatoms. The van der Waals surface area contributed by atoms with Crippen LogP contribution in [0.15, 0.2) is 29.3 Å². The third kappa shape index (κ3) is 9.95. The second-order valence-corrected chi connectivity index (χ2v) is 7.15. The number of hydrogen-bond donors (Lipinski definition) is 3. The van der Waals surface area contributed by atoms with E-state index in [0.717, 1.165) is 64.4 Å². The van der Waals surface area contributed by atoms with Gasteiger partial charge in [-0.1, -0.05) is 19.1 Å². The van der Waals surface area contributed by atoms with Crippen molar-refractivity contribution in [3.05, 3.63) is 30.1 Å². The molecule has 1 aromatic carbocycles. The number of likely N-dealkylation sites (tertiary alicyclic amines) is 1. The molecule has 6 nitrogen and oxygen atoms in total. The Kier molecular flexibility index (Phi) is 13.2. The Labute approximate surface area is 191 Å². The first kappa shape index (κ1) is 25.9. The number of benzene rings is 1. The average molecular weight is 522 g/mol. The number of aliphatic imine (C=N–C) groups is 1. The monoisotopic (exact) mass is 522 g/mol. The minimum Gasteiger partial charge on any atom is -0.485 e. The highest BCUT2D eigenvalue weighted by Gasteiger charge is 2.16. The minimum absolute atomic E-state index is 0. The third-order valence-corrected chi connectivity index (χ3v) is 4.88. The van der Waals surface area contributed by atoms with Crippen LogP contribution in [0.5, 0.6) is 5.75 Å². The van der Waals surface area contributed by atoms with Gasteiger partial charge in [0.05, 0.1) is 12.6 Å². The smallest absolute Gasteiger partial charge is 0.191 e. The van der Waals surface area contributed by atoms with Gasteiger partial charge in [-0.25, -0.2) is 9.38 Å². The largest absolute Gasteiger partial charge is 0.485 e. The lowest BCUT2D eigenvalue weighted by molar-refractivity contribution is 0.0823. The Morgan fingerprint density at radius 1 is 1.28 bits per heavy atom. The molecule has 0 saturated carbocycles. The quantitative estimate of drug-likeness (QED) is 0.191. The Morgan fingerprint density at radius 2 is 2.00 bits per heavy atom. The number of halogens is 2. The molecule has 2 rings (SSSR count). The van der Waals surface area contributed by atoms with Gasteiger partial charge in [-0.05, 0) is 51.3 Å². The molecule has 1 fully saturated rings. The second-order valence-electron chi connectivity index (χ2n) is 7.15. The van der Waals surface area contributed by atoms with Crippen molar-refractivity contribution in [1.29, 1.82) is 0 Å². The molecule has 1 saturated heterocycles. The van der Waals surface area contributed by atoms with E-state index in [-0.39, 0.29) is 47.8 Å². The van der Waals surface area contributed by atoms with E-state index in [1.165, 1.54) is 6.07 Å². The van der Waals surface area contributed by atoms with Crippen molar-refractivity contribution in [2.75, 3.05) is 39.3 Å². The maximum atomic E-state index is 13.8. The van der Waals surface area contributed by atoms with Crippen LogP contribution in [0, 0.1) is 5.82 Å². The number of para-hydroxylation sites is 1. The third-order valence-electron chi connectivity index (χ3n) is 4.88. The molecule has 3 N–H and O–H groups in total. The number of hydrogen-bond acceptors (Lipinski definition) is 4. The van der Waals surface area contributed by atoms with Gasteiger partial charge >= 0.3 is 0 Å². The zero-order valence-electron chi connectivity index (χ0n) is 17.6. The number of nitrogens with one attached hydrogen (secondary N) is 2. The molecule has 1 aliphatic heterocycles. The van der Waals surface area contributed by atoms with Crippen LogP contribution >= 0.6 is 24.0 Å². The first-order valence-electron chi connectivity index (χ1n) is 10.5. The lowest BCUT2D eigenvalue weighted by Gasteiger charge is -2.29. The van der Waals surface area contributed by atoms with E-state index < -0.39 is 0 Å². The van der Waals surface area contributed by atoms with Crippen LogP contribution < -0.4 is 15.4 Å². The maximum absolute atomic E-state index is 13.8. The van der Waals surface area contributed by atoms with Crippen molar-refractivity contribution < 1.29 is 14.2 Å². The molecule has 1 atom stereocenters. The minimum atomic E-state index is -0.347. The molecule has 29 heavy (non-hydrogen) atoms. The van der Waals surface area contributed by atoms with Crippen LogP contribution in [0.2, 0.25) is 0 Å². The summed E-state index contributed by atoms with van der Waals surface area (Å²) < 4.78 is 19.6. The van der Waals surface area contributed by atoms with Gasteiger partial charge in [-0.15, -0.1) is 24.0 Å². The van der Waals surface area contributed by atoms with E-state index in [2.05, 4.69) is 20.5 Å². The summed E-state index contributed by atoms with van der Waals surface area (Å²) in [7, 11) is 0. The summed E-state index contributed by atoms with van der Waals surface area (Å²) in [6.07, 6.45) is 3.21. The van der Waals surface area contributed by atoms with Gasteiger partial charge in [0.25, 0.3) is 0 Å². The maximum Gasteiger partial charge on any atom is 0.191 e. The predicted octanol–water partition coefficient (Wildman–Crippen LogP) is 3.00. The van der Waals surface area contributed by atoms with Gasteiger partial charge in [-0.2, -0.15) is 0 Å². The number of piperidine rings is 1. The Morgan fingerprint density at radius 3 is 2.66 bits per heavy atom. The molecule has 0 spiro atoms. The Hall–Kier alpha value is -1.13. The van der Waals surface area contributed by atoms with Crippen LogP contribution in [0.3, 0.4) is 0 Å². The van der Waals surface area contributed by atoms with E-state index in [4.69, 9.17) is 4.74 Å². The van der Waals surface area contributed by atoms with Crippen LogP contribution in [0.25, 0.3) is 0 Å². The number of nitrogens with zero attached hydrogens (tertiary/aromatic N) is 2. The van der Waals surface area contributed by atoms with E-state index in [0.29, 0.717) is 6.54 Å². The average Bonchev–Trinajstić information content (AvgIpc) is 2.70. The number of aliphatic hydroxyl groups excluding tert-OH is 1. The number of aliphatic hydroxyl groups is 1. The molecule has 166 valence electrons. The van der Waals surface area contributed by atoms with E-state index in [9.17, 15) is 9.50 Å². The highest BCUT2D eigenvalue weighted by Crippen LogP contribution is 2.18. The Balaban J connectivity index is 0.00000420. The summed E-state index contributed by atoms with van der Waals surface area (Å²) in [5, 5.41) is 16.2. The highest BCUT2D eigenvalue weighted by atomic mass is 127. The molecule has 1 aromatic rings. The van der Waals surface area contributed by atoms with Crippen LogP contribution in [0.1, 0.15) is 39.5 Å². The fourth-order valence-electron chi connectivity index (χ4n) is 3.16.